The van der Waals surface area contributed by atoms with Crippen LogP contribution in [-0.4, -0.2) is 29.6 Å². The minimum atomic E-state index is -0.825. The average molecular weight is 478 g/mol. The van der Waals surface area contributed by atoms with Gasteiger partial charge < -0.3 is 9.84 Å². The predicted octanol–water partition coefficient (Wildman–Crippen LogP) is 6.06. The maximum atomic E-state index is 12.4. The van der Waals surface area contributed by atoms with Gasteiger partial charge in [-0.05, 0) is 51.9 Å². The van der Waals surface area contributed by atoms with Crippen LogP contribution in [0.2, 0.25) is 0 Å². The molecule has 1 N–H and O–H groups in total. The summed E-state index contributed by atoms with van der Waals surface area (Å²) in [5, 5.41) is 10.2. The monoisotopic (exact) mass is 477 g/mol. The quantitative estimate of drug-likeness (QED) is 0.313. The fourth-order valence-electron chi connectivity index (χ4n) is 5.65. The van der Waals surface area contributed by atoms with Crippen LogP contribution in [0.25, 0.3) is 0 Å². The molecule has 4 heteroatoms. The van der Waals surface area contributed by atoms with E-state index in [1.807, 2.05) is 48.5 Å². The molecular weight excluding hydrogens is 446 g/mol. The number of hydrogen-bond acceptors (Lipinski definition) is 3. The number of carboxylic acid groups (broad SMARTS) is 1. The highest BCUT2D eigenvalue weighted by molar-refractivity contribution is 5.73. The van der Waals surface area contributed by atoms with Crippen molar-refractivity contribution in [1.82, 2.24) is 4.90 Å². The van der Waals surface area contributed by atoms with Gasteiger partial charge in [-0.1, -0.05) is 91.0 Å². The standard InChI is InChI=1S/C32H31NO3/c1-36-28-17-15-27(16-18-28)32(21-31(34)35,26-12-6-3-7-13-26)30-14-8-11-25-23-33(20-19-29(25)30)22-24-9-4-2-5-10-24/h2-18H,19-23H2,1H3,(H,34,35). The Labute approximate surface area is 212 Å². The highest BCUT2D eigenvalue weighted by atomic mass is 16.5. The highest BCUT2D eigenvalue weighted by Gasteiger charge is 2.41. The Balaban J connectivity index is 1.63. The molecule has 1 aliphatic rings. The fourth-order valence-corrected chi connectivity index (χ4v) is 5.65. The van der Waals surface area contributed by atoms with E-state index < -0.39 is 11.4 Å². The summed E-state index contributed by atoms with van der Waals surface area (Å²) in [4.78, 5) is 14.9. The number of nitrogens with zero attached hydrogens (tertiary/aromatic N) is 1. The minimum Gasteiger partial charge on any atom is -0.497 e. The summed E-state index contributed by atoms with van der Waals surface area (Å²) in [7, 11) is 1.64. The number of aliphatic carboxylic acids is 1. The van der Waals surface area contributed by atoms with E-state index >= 15 is 0 Å². The minimum absolute atomic E-state index is 0.0342. The first-order valence-electron chi connectivity index (χ1n) is 12.4. The SMILES string of the molecule is COc1ccc(C(CC(=O)O)(c2ccccc2)c2cccc3c2CCN(Cc2ccccc2)C3)cc1. The van der Waals surface area contributed by atoms with Crippen molar-refractivity contribution in [3.05, 3.63) is 137 Å². The molecule has 1 heterocycles. The average Bonchev–Trinajstić information content (AvgIpc) is 2.92. The van der Waals surface area contributed by atoms with Gasteiger partial charge in [-0.3, -0.25) is 9.69 Å². The Morgan fingerprint density at radius 1 is 0.861 bits per heavy atom. The molecule has 5 rings (SSSR count). The molecular formula is C32H31NO3. The number of methoxy groups -OCH3 is 1. The number of carboxylic acids is 1. The van der Waals surface area contributed by atoms with Crippen LogP contribution in [0.5, 0.6) is 5.75 Å². The van der Waals surface area contributed by atoms with Crippen molar-refractivity contribution in [3.8, 4) is 5.75 Å². The van der Waals surface area contributed by atoms with Gasteiger partial charge >= 0.3 is 5.97 Å². The lowest BCUT2D eigenvalue weighted by Crippen LogP contribution is -2.37. The largest absolute Gasteiger partial charge is 0.497 e. The number of benzene rings is 4. The molecule has 0 aliphatic carbocycles. The van der Waals surface area contributed by atoms with Crippen molar-refractivity contribution in [2.45, 2.75) is 31.3 Å². The van der Waals surface area contributed by atoms with Crippen molar-refractivity contribution >= 4 is 5.97 Å². The normalized spacial score (nSPS) is 15.0. The second-order valence-electron chi connectivity index (χ2n) is 9.46. The molecule has 4 aromatic carbocycles. The predicted molar refractivity (Wildman–Crippen MR) is 142 cm³/mol. The van der Waals surface area contributed by atoms with Gasteiger partial charge in [0.05, 0.1) is 18.9 Å². The molecule has 0 bridgehead atoms. The summed E-state index contributed by atoms with van der Waals surface area (Å²) in [6.45, 7) is 2.68. The van der Waals surface area contributed by atoms with Crippen molar-refractivity contribution in [1.29, 1.82) is 0 Å². The van der Waals surface area contributed by atoms with Crippen LogP contribution < -0.4 is 4.74 Å². The Morgan fingerprint density at radius 2 is 1.53 bits per heavy atom. The summed E-state index contributed by atoms with van der Waals surface area (Å²) in [6.07, 6.45) is 0.843. The lowest BCUT2D eigenvalue weighted by Gasteiger charge is -2.39. The highest BCUT2D eigenvalue weighted by Crippen LogP contribution is 2.45. The van der Waals surface area contributed by atoms with Crippen LogP contribution >= 0.6 is 0 Å². The van der Waals surface area contributed by atoms with E-state index in [4.69, 9.17) is 4.74 Å². The number of ether oxygens (including phenoxy) is 1. The van der Waals surface area contributed by atoms with Gasteiger partial charge in [0.15, 0.2) is 0 Å². The van der Waals surface area contributed by atoms with Gasteiger partial charge in [0.25, 0.3) is 0 Å². The van der Waals surface area contributed by atoms with E-state index in [0.29, 0.717) is 0 Å². The zero-order valence-electron chi connectivity index (χ0n) is 20.6. The molecule has 4 aromatic rings. The Morgan fingerprint density at radius 3 is 2.19 bits per heavy atom. The summed E-state index contributed by atoms with van der Waals surface area (Å²) in [5.74, 6) is -0.0727. The first kappa shape index (κ1) is 23.8. The van der Waals surface area contributed by atoms with Crippen LogP contribution in [0, 0.1) is 0 Å². The molecule has 0 aromatic heterocycles. The number of hydrogen-bond donors (Lipinski definition) is 1. The molecule has 0 amide bonds. The molecule has 4 nitrogen and oxygen atoms in total. The van der Waals surface area contributed by atoms with Gasteiger partial charge in [-0.2, -0.15) is 0 Å². The zero-order valence-corrected chi connectivity index (χ0v) is 20.6. The molecule has 36 heavy (non-hydrogen) atoms. The third-order valence-corrected chi connectivity index (χ3v) is 7.32. The second kappa shape index (κ2) is 10.4. The van der Waals surface area contributed by atoms with Crippen LogP contribution in [0.3, 0.4) is 0 Å². The van der Waals surface area contributed by atoms with Gasteiger partial charge in [-0.15, -0.1) is 0 Å². The van der Waals surface area contributed by atoms with Crippen molar-refractivity contribution in [2.24, 2.45) is 0 Å². The van der Waals surface area contributed by atoms with E-state index in [1.54, 1.807) is 7.11 Å². The summed E-state index contributed by atoms with van der Waals surface area (Å²) in [6, 6.07) is 34.9. The van der Waals surface area contributed by atoms with Crippen LogP contribution in [0.15, 0.2) is 103 Å². The summed E-state index contributed by atoms with van der Waals surface area (Å²) >= 11 is 0. The third-order valence-electron chi connectivity index (χ3n) is 7.32. The summed E-state index contributed by atoms with van der Waals surface area (Å²) in [5.41, 5.74) is 6.05. The van der Waals surface area contributed by atoms with Gasteiger partial charge in [0, 0.05) is 19.6 Å². The van der Waals surface area contributed by atoms with E-state index in [-0.39, 0.29) is 6.42 Å². The maximum absolute atomic E-state index is 12.4. The van der Waals surface area contributed by atoms with E-state index in [9.17, 15) is 9.90 Å². The Kier molecular flexibility index (Phi) is 6.88. The molecule has 1 aliphatic heterocycles. The number of rotatable bonds is 8. The molecule has 0 radical (unpaired) electrons. The van der Waals surface area contributed by atoms with Crippen LogP contribution in [-0.2, 0) is 29.7 Å². The van der Waals surface area contributed by atoms with Crippen LogP contribution in [0.1, 0.15) is 39.8 Å². The number of fused-ring (bicyclic) bond motifs is 1. The molecule has 0 saturated heterocycles. The van der Waals surface area contributed by atoms with Crippen molar-refractivity contribution in [3.63, 3.8) is 0 Å². The van der Waals surface area contributed by atoms with E-state index in [1.165, 1.54) is 16.7 Å². The van der Waals surface area contributed by atoms with Gasteiger partial charge in [-0.25, -0.2) is 0 Å². The van der Waals surface area contributed by atoms with Gasteiger partial charge in [0.2, 0.25) is 0 Å². The molecule has 182 valence electrons. The molecule has 0 fully saturated rings. The number of carbonyl (C=O) groups is 1. The first-order valence-corrected chi connectivity index (χ1v) is 12.4. The van der Waals surface area contributed by atoms with E-state index in [0.717, 1.165) is 48.5 Å². The fraction of sp³-hybridized carbons (Fsp3) is 0.219. The topological polar surface area (TPSA) is 49.8 Å². The Bertz CT molecular complexity index is 1320. The first-order chi connectivity index (χ1) is 17.6. The second-order valence-corrected chi connectivity index (χ2v) is 9.46. The lowest BCUT2D eigenvalue weighted by molar-refractivity contribution is -0.137. The lowest BCUT2D eigenvalue weighted by atomic mass is 9.65. The van der Waals surface area contributed by atoms with Crippen LogP contribution in [0.4, 0.5) is 0 Å². The molecule has 1 unspecified atom stereocenters. The zero-order chi connectivity index (χ0) is 25.0. The third kappa shape index (κ3) is 4.65. The molecule has 1 atom stereocenters. The summed E-state index contributed by atoms with van der Waals surface area (Å²) < 4.78 is 5.40. The van der Waals surface area contributed by atoms with Crippen molar-refractivity contribution < 1.29 is 14.6 Å². The Hall–Kier alpha value is -3.89. The van der Waals surface area contributed by atoms with Gasteiger partial charge in [0.1, 0.15) is 5.75 Å². The molecule has 0 saturated carbocycles. The molecule has 0 spiro atoms. The van der Waals surface area contributed by atoms with E-state index in [2.05, 4.69) is 59.5 Å². The maximum Gasteiger partial charge on any atom is 0.304 e. The smallest absolute Gasteiger partial charge is 0.304 e. The van der Waals surface area contributed by atoms with Crippen molar-refractivity contribution in [2.75, 3.05) is 13.7 Å².